The van der Waals surface area contributed by atoms with Crippen LogP contribution >= 0.6 is 15.9 Å². The third-order valence-electron chi connectivity index (χ3n) is 3.42. The highest BCUT2D eigenvalue weighted by Crippen LogP contribution is 2.16. The second-order valence-electron chi connectivity index (χ2n) is 5.11. The molecule has 4 heteroatoms. The van der Waals surface area contributed by atoms with Crippen molar-refractivity contribution < 1.29 is 4.74 Å². The standard InChI is InChI=1S/C14H21BrN2O/c1-17(8-11-3-2-4-13(15)7-11)9-12-10-18-6-5-14(12)16/h2-4,7,12,14H,5-6,8-10,16H2,1H3. The van der Waals surface area contributed by atoms with Crippen LogP contribution < -0.4 is 5.73 Å². The van der Waals surface area contributed by atoms with E-state index in [2.05, 4.69) is 46.1 Å². The summed E-state index contributed by atoms with van der Waals surface area (Å²) in [7, 11) is 2.14. The fourth-order valence-electron chi connectivity index (χ4n) is 2.41. The lowest BCUT2D eigenvalue weighted by Gasteiger charge is -2.32. The van der Waals surface area contributed by atoms with Crippen molar-refractivity contribution in [3.63, 3.8) is 0 Å². The Morgan fingerprint density at radius 1 is 1.50 bits per heavy atom. The monoisotopic (exact) mass is 312 g/mol. The quantitative estimate of drug-likeness (QED) is 0.926. The zero-order valence-corrected chi connectivity index (χ0v) is 12.4. The van der Waals surface area contributed by atoms with Crippen molar-refractivity contribution in [1.82, 2.24) is 4.90 Å². The molecule has 0 bridgehead atoms. The van der Waals surface area contributed by atoms with Gasteiger partial charge in [-0.25, -0.2) is 0 Å². The van der Waals surface area contributed by atoms with Crippen molar-refractivity contribution in [3.05, 3.63) is 34.3 Å². The summed E-state index contributed by atoms with van der Waals surface area (Å²) in [6.07, 6.45) is 0.982. The van der Waals surface area contributed by atoms with Gasteiger partial charge in [-0.3, -0.25) is 0 Å². The molecule has 0 amide bonds. The van der Waals surface area contributed by atoms with Gasteiger partial charge < -0.3 is 15.4 Å². The van der Waals surface area contributed by atoms with Crippen LogP contribution in [-0.4, -0.2) is 37.7 Å². The van der Waals surface area contributed by atoms with Crippen LogP contribution in [0.3, 0.4) is 0 Å². The van der Waals surface area contributed by atoms with Gasteiger partial charge in [0.2, 0.25) is 0 Å². The van der Waals surface area contributed by atoms with E-state index in [0.717, 1.165) is 37.2 Å². The number of ether oxygens (including phenoxy) is 1. The van der Waals surface area contributed by atoms with Crippen molar-refractivity contribution in [2.24, 2.45) is 11.7 Å². The third kappa shape index (κ3) is 4.05. The molecule has 1 fully saturated rings. The average Bonchev–Trinajstić information content (AvgIpc) is 2.32. The summed E-state index contributed by atoms with van der Waals surface area (Å²) in [6.45, 7) is 3.55. The molecule has 100 valence electrons. The number of nitrogens with two attached hydrogens (primary N) is 1. The molecule has 3 nitrogen and oxygen atoms in total. The van der Waals surface area contributed by atoms with Crippen LogP contribution in [-0.2, 0) is 11.3 Å². The lowest BCUT2D eigenvalue weighted by molar-refractivity contribution is 0.0286. The van der Waals surface area contributed by atoms with E-state index in [1.807, 2.05) is 6.07 Å². The molecule has 0 aromatic heterocycles. The molecule has 2 unspecified atom stereocenters. The summed E-state index contributed by atoms with van der Waals surface area (Å²) in [4.78, 5) is 2.32. The lowest BCUT2D eigenvalue weighted by atomic mass is 9.96. The molecule has 18 heavy (non-hydrogen) atoms. The Hall–Kier alpha value is -0.420. The summed E-state index contributed by atoms with van der Waals surface area (Å²) in [5.74, 6) is 0.455. The molecule has 2 atom stereocenters. The first-order valence-electron chi connectivity index (χ1n) is 6.41. The van der Waals surface area contributed by atoms with Crippen LogP contribution in [0.4, 0.5) is 0 Å². The largest absolute Gasteiger partial charge is 0.381 e. The van der Waals surface area contributed by atoms with Gasteiger partial charge in [0.25, 0.3) is 0 Å². The van der Waals surface area contributed by atoms with Gasteiger partial charge in [0.15, 0.2) is 0 Å². The molecular formula is C14H21BrN2O. The third-order valence-corrected chi connectivity index (χ3v) is 3.91. The Morgan fingerprint density at radius 3 is 3.06 bits per heavy atom. The predicted octanol–water partition coefficient (Wildman–Crippen LogP) is 2.24. The lowest BCUT2D eigenvalue weighted by Crippen LogP contribution is -2.44. The van der Waals surface area contributed by atoms with E-state index >= 15 is 0 Å². The van der Waals surface area contributed by atoms with Crippen molar-refractivity contribution in [2.75, 3.05) is 26.8 Å². The van der Waals surface area contributed by atoms with Gasteiger partial charge in [0.05, 0.1) is 6.61 Å². The van der Waals surface area contributed by atoms with Crippen molar-refractivity contribution in [1.29, 1.82) is 0 Å². The Bertz CT molecular complexity index is 386. The van der Waals surface area contributed by atoms with Crippen LogP contribution in [0, 0.1) is 5.92 Å². The van der Waals surface area contributed by atoms with Gasteiger partial charge in [0.1, 0.15) is 0 Å². The number of nitrogens with zero attached hydrogens (tertiary/aromatic N) is 1. The molecule has 1 aromatic carbocycles. The SMILES string of the molecule is CN(Cc1cccc(Br)c1)CC1COCCC1N. The second-order valence-corrected chi connectivity index (χ2v) is 6.03. The highest BCUT2D eigenvalue weighted by Gasteiger charge is 2.23. The summed E-state index contributed by atoms with van der Waals surface area (Å²) in [6, 6.07) is 8.72. The smallest absolute Gasteiger partial charge is 0.0521 e. The summed E-state index contributed by atoms with van der Waals surface area (Å²) < 4.78 is 6.64. The van der Waals surface area contributed by atoms with E-state index in [9.17, 15) is 0 Å². The van der Waals surface area contributed by atoms with E-state index < -0.39 is 0 Å². The summed E-state index contributed by atoms with van der Waals surface area (Å²) in [5.41, 5.74) is 7.45. The Labute approximate surface area is 117 Å². The highest BCUT2D eigenvalue weighted by molar-refractivity contribution is 9.10. The molecule has 1 aromatic rings. The molecule has 2 N–H and O–H groups in total. The topological polar surface area (TPSA) is 38.5 Å². The minimum absolute atomic E-state index is 0.281. The molecule has 2 rings (SSSR count). The molecule has 0 spiro atoms. The maximum absolute atomic E-state index is 6.13. The molecule has 1 aliphatic heterocycles. The number of rotatable bonds is 4. The molecule has 0 saturated carbocycles. The fourth-order valence-corrected chi connectivity index (χ4v) is 2.86. The first-order valence-corrected chi connectivity index (χ1v) is 7.21. The van der Waals surface area contributed by atoms with Crippen LogP contribution in [0.1, 0.15) is 12.0 Å². The molecule has 1 heterocycles. The van der Waals surface area contributed by atoms with Gasteiger partial charge >= 0.3 is 0 Å². The van der Waals surface area contributed by atoms with Crippen LogP contribution in [0.2, 0.25) is 0 Å². The van der Waals surface area contributed by atoms with E-state index in [1.165, 1.54) is 5.56 Å². The summed E-state index contributed by atoms with van der Waals surface area (Å²) >= 11 is 3.50. The normalized spacial score (nSPS) is 24.4. The van der Waals surface area contributed by atoms with Gasteiger partial charge in [-0.15, -0.1) is 0 Å². The van der Waals surface area contributed by atoms with Crippen molar-refractivity contribution in [3.8, 4) is 0 Å². The van der Waals surface area contributed by atoms with Gasteiger partial charge in [-0.2, -0.15) is 0 Å². The molecule has 0 aliphatic carbocycles. The van der Waals surface area contributed by atoms with E-state index in [4.69, 9.17) is 10.5 Å². The molecular weight excluding hydrogens is 292 g/mol. The van der Waals surface area contributed by atoms with Gasteiger partial charge in [-0.1, -0.05) is 28.1 Å². The van der Waals surface area contributed by atoms with Gasteiger partial charge in [0, 0.05) is 36.1 Å². The first kappa shape index (κ1) is 14.0. The summed E-state index contributed by atoms with van der Waals surface area (Å²) in [5, 5.41) is 0. The Morgan fingerprint density at radius 2 is 2.33 bits per heavy atom. The number of halogens is 1. The minimum Gasteiger partial charge on any atom is -0.381 e. The minimum atomic E-state index is 0.281. The van der Waals surface area contributed by atoms with E-state index in [0.29, 0.717) is 5.92 Å². The number of hydrogen-bond donors (Lipinski definition) is 1. The van der Waals surface area contributed by atoms with Crippen LogP contribution in [0.25, 0.3) is 0 Å². The van der Waals surface area contributed by atoms with Crippen LogP contribution in [0.15, 0.2) is 28.7 Å². The zero-order valence-electron chi connectivity index (χ0n) is 10.8. The number of hydrogen-bond acceptors (Lipinski definition) is 3. The highest BCUT2D eigenvalue weighted by atomic mass is 79.9. The average molecular weight is 313 g/mol. The van der Waals surface area contributed by atoms with Crippen molar-refractivity contribution >= 4 is 15.9 Å². The Balaban J connectivity index is 1.86. The van der Waals surface area contributed by atoms with E-state index in [-0.39, 0.29) is 6.04 Å². The van der Waals surface area contributed by atoms with Gasteiger partial charge in [-0.05, 0) is 31.2 Å². The fraction of sp³-hybridized carbons (Fsp3) is 0.571. The maximum atomic E-state index is 6.13. The predicted molar refractivity (Wildman–Crippen MR) is 77.4 cm³/mol. The van der Waals surface area contributed by atoms with Crippen LogP contribution in [0.5, 0.6) is 0 Å². The molecule has 0 radical (unpaired) electrons. The maximum Gasteiger partial charge on any atom is 0.0521 e. The van der Waals surface area contributed by atoms with Crippen molar-refractivity contribution in [2.45, 2.75) is 19.0 Å². The number of benzene rings is 1. The molecule has 1 aliphatic rings. The second kappa shape index (κ2) is 6.66. The zero-order chi connectivity index (χ0) is 13.0. The molecule has 1 saturated heterocycles. The first-order chi connectivity index (χ1) is 8.65. The van der Waals surface area contributed by atoms with E-state index in [1.54, 1.807) is 0 Å². The Kier molecular flexibility index (Phi) is 5.18.